The molecule has 1 unspecified atom stereocenters. The van der Waals surface area contributed by atoms with Crippen LogP contribution in [0.2, 0.25) is 0 Å². The second-order valence-electron chi connectivity index (χ2n) is 4.40. The molecule has 0 aromatic heterocycles. The van der Waals surface area contributed by atoms with Gasteiger partial charge in [-0.15, -0.1) is 0 Å². The van der Waals surface area contributed by atoms with Crippen LogP contribution in [0.25, 0.3) is 0 Å². The van der Waals surface area contributed by atoms with Crippen LogP contribution in [0.1, 0.15) is 26.2 Å². The Balaban J connectivity index is 3.13. The summed E-state index contributed by atoms with van der Waals surface area (Å²) >= 11 is 0. The van der Waals surface area contributed by atoms with Gasteiger partial charge in [-0.25, -0.2) is 26.3 Å². The van der Waals surface area contributed by atoms with Gasteiger partial charge in [-0.2, -0.15) is 0 Å². The Morgan fingerprint density at radius 3 is 2.24 bits per heavy atom. The Morgan fingerprint density at radius 1 is 1.29 bits per heavy atom. The Morgan fingerprint density at radius 2 is 1.81 bits per heavy atom. The Labute approximate surface area is 119 Å². The first-order valence-corrected chi connectivity index (χ1v) is 7.54. The van der Waals surface area contributed by atoms with E-state index in [1.54, 1.807) is 6.92 Å². The number of carboxylic acids is 1. The van der Waals surface area contributed by atoms with Gasteiger partial charge < -0.3 is 5.11 Å². The Bertz CT molecular complexity index is 610. The van der Waals surface area contributed by atoms with Gasteiger partial charge in [0.15, 0.2) is 4.90 Å². The van der Waals surface area contributed by atoms with Gasteiger partial charge in [-0.3, -0.25) is 4.79 Å². The summed E-state index contributed by atoms with van der Waals surface area (Å²) in [5, 5.41) is 8.69. The third-order valence-corrected chi connectivity index (χ3v) is 4.18. The highest BCUT2D eigenvalue weighted by molar-refractivity contribution is 7.89. The van der Waals surface area contributed by atoms with Crippen LogP contribution < -0.4 is 4.72 Å². The minimum Gasteiger partial charge on any atom is -0.481 e. The number of carbonyl (C=O) groups is 1. The highest BCUT2D eigenvalue weighted by atomic mass is 32.2. The van der Waals surface area contributed by atoms with Crippen LogP contribution in [-0.2, 0) is 14.8 Å². The summed E-state index contributed by atoms with van der Waals surface area (Å²) in [6.45, 7) is 1.70. The number of hydrogen-bond donors (Lipinski definition) is 2. The molecule has 0 aliphatic rings. The van der Waals surface area contributed by atoms with Gasteiger partial charge in [0.1, 0.15) is 17.5 Å². The first-order valence-electron chi connectivity index (χ1n) is 6.06. The van der Waals surface area contributed by atoms with Gasteiger partial charge in [0.05, 0.1) is 6.42 Å². The van der Waals surface area contributed by atoms with Crippen LogP contribution in [0.15, 0.2) is 17.0 Å². The van der Waals surface area contributed by atoms with E-state index in [-0.39, 0.29) is 18.6 Å². The molecule has 0 saturated carbocycles. The molecule has 0 spiro atoms. The van der Waals surface area contributed by atoms with Crippen molar-refractivity contribution in [3.63, 3.8) is 0 Å². The van der Waals surface area contributed by atoms with Gasteiger partial charge in [-0.1, -0.05) is 13.3 Å². The van der Waals surface area contributed by atoms with E-state index >= 15 is 0 Å². The van der Waals surface area contributed by atoms with E-state index in [2.05, 4.69) is 0 Å². The SMILES string of the molecule is CCCC(CC(=O)O)NS(=O)(=O)c1c(F)cc(F)cc1F. The van der Waals surface area contributed by atoms with Crippen molar-refractivity contribution in [2.24, 2.45) is 0 Å². The summed E-state index contributed by atoms with van der Waals surface area (Å²) < 4.78 is 65.6. The summed E-state index contributed by atoms with van der Waals surface area (Å²) in [4.78, 5) is 9.33. The molecule has 2 N–H and O–H groups in total. The summed E-state index contributed by atoms with van der Waals surface area (Å²) in [6, 6.07) is -0.533. The van der Waals surface area contributed by atoms with Gasteiger partial charge in [0, 0.05) is 18.2 Å². The van der Waals surface area contributed by atoms with Crippen molar-refractivity contribution in [2.75, 3.05) is 0 Å². The number of carboxylic acid groups (broad SMARTS) is 1. The molecule has 1 aromatic rings. The predicted molar refractivity (Wildman–Crippen MR) is 67.6 cm³/mol. The average molecular weight is 325 g/mol. The lowest BCUT2D eigenvalue weighted by molar-refractivity contribution is -0.137. The minimum atomic E-state index is -4.64. The van der Waals surface area contributed by atoms with Crippen LogP contribution >= 0.6 is 0 Å². The summed E-state index contributed by atoms with van der Waals surface area (Å²) in [5.41, 5.74) is 0. The van der Waals surface area contributed by atoms with Crippen LogP contribution in [0.4, 0.5) is 13.2 Å². The zero-order chi connectivity index (χ0) is 16.2. The second kappa shape index (κ2) is 6.90. The quantitative estimate of drug-likeness (QED) is 0.803. The molecular formula is C12H14F3NO4S. The van der Waals surface area contributed by atoms with E-state index in [0.29, 0.717) is 6.42 Å². The number of aliphatic carboxylic acids is 1. The van der Waals surface area contributed by atoms with Crippen molar-refractivity contribution in [1.29, 1.82) is 0 Å². The van der Waals surface area contributed by atoms with Gasteiger partial charge in [-0.05, 0) is 6.42 Å². The van der Waals surface area contributed by atoms with Crippen LogP contribution in [0.3, 0.4) is 0 Å². The van der Waals surface area contributed by atoms with Crippen molar-refractivity contribution < 1.29 is 31.5 Å². The minimum absolute atomic E-state index is 0.177. The molecule has 0 aliphatic heterocycles. The van der Waals surface area contributed by atoms with E-state index in [9.17, 15) is 26.4 Å². The number of benzene rings is 1. The second-order valence-corrected chi connectivity index (χ2v) is 6.05. The van der Waals surface area contributed by atoms with E-state index in [4.69, 9.17) is 5.11 Å². The highest BCUT2D eigenvalue weighted by Gasteiger charge is 2.28. The summed E-state index contributed by atoms with van der Waals surface area (Å²) in [7, 11) is -4.64. The zero-order valence-corrected chi connectivity index (χ0v) is 11.9. The molecule has 1 aromatic carbocycles. The molecule has 0 amide bonds. The van der Waals surface area contributed by atoms with E-state index < -0.39 is 50.8 Å². The van der Waals surface area contributed by atoms with E-state index in [0.717, 1.165) is 0 Å². The zero-order valence-electron chi connectivity index (χ0n) is 11.1. The van der Waals surface area contributed by atoms with Crippen molar-refractivity contribution in [3.8, 4) is 0 Å². The lowest BCUT2D eigenvalue weighted by Crippen LogP contribution is -2.37. The van der Waals surface area contributed by atoms with Crippen LogP contribution in [-0.4, -0.2) is 25.5 Å². The molecule has 118 valence electrons. The monoisotopic (exact) mass is 325 g/mol. The molecule has 1 rings (SSSR count). The lowest BCUT2D eigenvalue weighted by Gasteiger charge is -2.16. The first kappa shape index (κ1) is 17.4. The van der Waals surface area contributed by atoms with Crippen molar-refractivity contribution in [2.45, 2.75) is 37.1 Å². The maximum atomic E-state index is 13.5. The number of nitrogens with one attached hydrogen (secondary N) is 1. The van der Waals surface area contributed by atoms with Crippen molar-refractivity contribution >= 4 is 16.0 Å². The number of sulfonamides is 1. The smallest absolute Gasteiger partial charge is 0.304 e. The molecule has 0 saturated heterocycles. The molecular weight excluding hydrogens is 311 g/mol. The topological polar surface area (TPSA) is 83.5 Å². The largest absolute Gasteiger partial charge is 0.481 e. The third kappa shape index (κ3) is 4.71. The average Bonchev–Trinajstić information content (AvgIpc) is 2.24. The fourth-order valence-electron chi connectivity index (χ4n) is 1.83. The molecule has 0 fully saturated rings. The third-order valence-electron chi connectivity index (χ3n) is 2.61. The van der Waals surface area contributed by atoms with Crippen LogP contribution in [0, 0.1) is 17.5 Å². The molecule has 0 bridgehead atoms. The van der Waals surface area contributed by atoms with Gasteiger partial charge in [0.25, 0.3) is 0 Å². The first-order chi connectivity index (χ1) is 9.67. The normalized spacial score (nSPS) is 13.1. The molecule has 1 atom stereocenters. The van der Waals surface area contributed by atoms with Gasteiger partial charge >= 0.3 is 5.97 Å². The molecule has 5 nitrogen and oxygen atoms in total. The fourth-order valence-corrected chi connectivity index (χ4v) is 3.22. The predicted octanol–water partition coefficient (Wildman–Crippen LogP) is 2.03. The standard InChI is InChI=1S/C12H14F3NO4S/c1-2-3-8(6-11(17)18)16-21(19,20)12-9(14)4-7(13)5-10(12)15/h4-5,8,16H,2-3,6H2,1H3,(H,17,18). The maximum Gasteiger partial charge on any atom is 0.304 e. The van der Waals surface area contributed by atoms with Crippen molar-refractivity contribution in [3.05, 3.63) is 29.6 Å². The number of rotatable bonds is 7. The highest BCUT2D eigenvalue weighted by Crippen LogP contribution is 2.21. The Hall–Kier alpha value is -1.61. The maximum absolute atomic E-state index is 13.5. The van der Waals surface area contributed by atoms with E-state index in [1.165, 1.54) is 0 Å². The molecule has 21 heavy (non-hydrogen) atoms. The lowest BCUT2D eigenvalue weighted by atomic mass is 10.1. The van der Waals surface area contributed by atoms with Crippen molar-refractivity contribution in [1.82, 2.24) is 4.72 Å². The molecule has 0 heterocycles. The number of halogens is 3. The molecule has 0 aliphatic carbocycles. The van der Waals surface area contributed by atoms with E-state index in [1.807, 2.05) is 4.72 Å². The fraction of sp³-hybridized carbons (Fsp3) is 0.417. The summed E-state index contributed by atoms with van der Waals surface area (Å²) in [6.07, 6.45) is 0.113. The van der Waals surface area contributed by atoms with Crippen LogP contribution in [0.5, 0.6) is 0 Å². The molecule has 9 heteroatoms. The number of hydrogen-bond acceptors (Lipinski definition) is 3. The Kier molecular flexibility index (Phi) is 5.73. The molecule has 0 radical (unpaired) electrons. The summed E-state index contributed by atoms with van der Waals surface area (Å²) in [5.74, 6) is -5.66. The van der Waals surface area contributed by atoms with Gasteiger partial charge in [0.2, 0.25) is 10.0 Å².